The molecule has 204 valence electrons. The molecule has 13 heteroatoms. The van der Waals surface area contributed by atoms with Crippen LogP contribution >= 0.6 is 0 Å². The van der Waals surface area contributed by atoms with E-state index in [1.54, 1.807) is 19.1 Å². The molecule has 2 fully saturated rings. The van der Waals surface area contributed by atoms with Gasteiger partial charge in [0.1, 0.15) is 12.2 Å². The zero-order chi connectivity index (χ0) is 27.8. The average Bonchev–Trinajstić information content (AvgIpc) is 2.85. The van der Waals surface area contributed by atoms with Crippen molar-refractivity contribution in [3.05, 3.63) is 70.8 Å². The van der Waals surface area contributed by atoms with Gasteiger partial charge in [0.25, 0.3) is 0 Å². The predicted molar refractivity (Wildman–Crippen MR) is 122 cm³/mol. The number of fused-ring (bicyclic) bond motifs is 1. The average molecular weight is 542 g/mol. The Labute approximate surface area is 214 Å². The minimum Gasteiger partial charge on any atom is -0.334 e. The van der Waals surface area contributed by atoms with Gasteiger partial charge in [0.2, 0.25) is 11.8 Å². The lowest BCUT2D eigenvalue weighted by Gasteiger charge is -2.51. The first-order valence-corrected chi connectivity index (χ1v) is 11.7. The number of carbonyl (C=O) groups excluding carboxylic acids is 3. The van der Waals surface area contributed by atoms with Gasteiger partial charge in [-0.15, -0.1) is 0 Å². The molecule has 0 aromatic heterocycles. The first kappa shape index (κ1) is 27.3. The second-order valence-corrected chi connectivity index (χ2v) is 9.18. The molecule has 0 aliphatic carbocycles. The second kappa shape index (κ2) is 10.2. The van der Waals surface area contributed by atoms with Crippen molar-refractivity contribution >= 4 is 17.8 Å². The van der Waals surface area contributed by atoms with E-state index in [0.29, 0.717) is 12.1 Å². The quantitative estimate of drug-likeness (QED) is 0.588. The Balaban J connectivity index is 1.53. The number of urea groups is 1. The third-order valence-corrected chi connectivity index (χ3v) is 6.57. The third kappa shape index (κ3) is 5.70. The van der Waals surface area contributed by atoms with Gasteiger partial charge in [-0.05, 0) is 36.2 Å². The number of alkyl halides is 6. The Morgan fingerprint density at radius 2 is 1.55 bits per heavy atom. The molecule has 0 radical (unpaired) electrons. The maximum atomic E-state index is 13.2. The van der Waals surface area contributed by atoms with E-state index in [1.165, 1.54) is 14.7 Å². The van der Waals surface area contributed by atoms with Gasteiger partial charge in [0.15, 0.2) is 0 Å². The van der Waals surface area contributed by atoms with Crippen LogP contribution in [-0.2, 0) is 35.0 Å². The molecule has 1 N–H and O–H groups in total. The summed E-state index contributed by atoms with van der Waals surface area (Å²) in [5.41, 5.74) is -2.52. The van der Waals surface area contributed by atoms with Gasteiger partial charge in [0.05, 0.1) is 17.7 Å². The molecular weight excluding hydrogens is 518 g/mol. The zero-order valence-corrected chi connectivity index (χ0v) is 20.1. The maximum Gasteiger partial charge on any atom is 0.416 e. The van der Waals surface area contributed by atoms with E-state index in [-0.39, 0.29) is 49.5 Å². The number of hydrogen-bond donors (Lipinski definition) is 1. The van der Waals surface area contributed by atoms with Gasteiger partial charge in [-0.3, -0.25) is 9.59 Å². The summed E-state index contributed by atoms with van der Waals surface area (Å²) in [5.74, 6) is -0.628. The first-order valence-electron chi connectivity index (χ1n) is 11.7. The van der Waals surface area contributed by atoms with E-state index in [0.717, 1.165) is 5.56 Å². The highest BCUT2D eigenvalue weighted by molar-refractivity contribution is 5.90. The SMILES string of the molecule is C[C@H]1C(=O)N(Cc2ccccc2)C[C@@H]2N(C(=O)NCc3cc(C(F)(F)F)cc(C(F)(F)F)c3)CCC(=O)N21. The monoisotopic (exact) mass is 542 g/mol. The standard InChI is InChI=1S/C25H24F6N4O3/c1-15-22(37)33(13-16-5-3-2-4-6-16)14-20-34(8-7-21(36)35(15)20)23(38)32-12-17-9-18(24(26,27)28)11-19(10-17)25(29,30)31/h2-6,9-11,15,20H,7-8,12-14H2,1H3,(H,32,38)/t15-,20+/m0/s1. The Kier molecular flexibility index (Phi) is 7.31. The molecule has 4 rings (SSSR count). The smallest absolute Gasteiger partial charge is 0.334 e. The Hall–Kier alpha value is -3.77. The lowest BCUT2D eigenvalue weighted by atomic mass is 10.0. The van der Waals surface area contributed by atoms with Crippen LogP contribution in [0.1, 0.15) is 35.6 Å². The summed E-state index contributed by atoms with van der Waals surface area (Å²) in [6, 6.07) is 8.55. The number of benzene rings is 2. The number of amides is 4. The fourth-order valence-corrected chi connectivity index (χ4v) is 4.73. The number of nitrogens with one attached hydrogen (secondary N) is 1. The third-order valence-electron chi connectivity index (χ3n) is 6.57. The van der Waals surface area contributed by atoms with Crippen molar-refractivity contribution in [2.45, 2.75) is 51.0 Å². The second-order valence-electron chi connectivity index (χ2n) is 9.18. The van der Waals surface area contributed by atoms with E-state index in [2.05, 4.69) is 5.32 Å². The van der Waals surface area contributed by atoms with E-state index < -0.39 is 48.3 Å². The molecule has 2 aliphatic heterocycles. The Morgan fingerprint density at radius 3 is 2.13 bits per heavy atom. The van der Waals surface area contributed by atoms with Gasteiger partial charge < -0.3 is 20.0 Å². The molecule has 2 aromatic rings. The summed E-state index contributed by atoms with van der Waals surface area (Å²) in [6.45, 7) is 1.15. The van der Waals surface area contributed by atoms with Crippen molar-refractivity contribution in [1.82, 2.24) is 20.0 Å². The zero-order valence-electron chi connectivity index (χ0n) is 20.1. The number of hydrogen-bond acceptors (Lipinski definition) is 3. The Morgan fingerprint density at radius 1 is 0.947 bits per heavy atom. The topological polar surface area (TPSA) is 73.0 Å². The fourth-order valence-electron chi connectivity index (χ4n) is 4.73. The summed E-state index contributed by atoms with van der Waals surface area (Å²) < 4.78 is 79.1. The number of nitrogens with zero attached hydrogens (tertiary/aromatic N) is 3. The molecule has 2 saturated heterocycles. The molecular formula is C25H24F6N4O3. The highest BCUT2D eigenvalue weighted by atomic mass is 19.4. The van der Waals surface area contributed by atoms with Crippen LogP contribution in [0, 0.1) is 0 Å². The van der Waals surface area contributed by atoms with E-state index in [1.807, 2.05) is 18.2 Å². The van der Waals surface area contributed by atoms with Gasteiger partial charge in [-0.25, -0.2) is 4.79 Å². The normalized spacial score (nSPS) is 20.4. The van der Waals surface area contributed by atoms with Crippen LogP contribution in [0.15, 0.2) is 48.5 Å². The summed E-state index contributed by atoms with van der Waals surface area (Å²) in [4.78, 5) is 42.8. The van der Waals surface area contributed by atoms with Crippen molar-refractivity contribution in [2.75, 3.05) is 13.1 Å². The highest BCUT2D eigenvalue weighted by Gasteiger charge is 2.47. The van der Waals surface area contributed by atoms with E-state index in [4.69, 9.17) is 0 Å². The van der Waals surface area contributed by atoms with Crippen LogP contribution in [-0.4, -0.2) is 57.8 Å². The number of rotatable bonds is 4. The van der Waals surface area contributed by atoms with Gasteiger partial charge >= 0.3 is 18.4 Å². The summed E-state index contributed by atoms with van der Waals surface area (Å²) >= 11 is 0. The molecule has 2 aromatic carbocycles. The number of carbonyl (C=O) groups is 3. The van der Waals surface area contributed by atoms with Crippen molar-refractivity contribution in [3.63, 3.8) is 0 Å². The van der Waals surface area contributed by atoms with Crippen molar-refractivity contribution in [2.24, 2.45) is 0 Å². The molecule has 4 amide bonds. The fraction of sp³-hybridized carbons (Fsp3) is 0.400. The van der Waals surface area contributed by atoms with Crippen LogP contribution in [0.4, 0.5) is 31.1 Å². The first-order chi connectivity index (χ1) is 17.8. The molecule has 0 unspecified atom stereocenters. The van der Waals surface area contributed by atoms with Crippen LogP contribution < -0.4 is 5.32 Å². The molecule has 7 nitrogen and oxygen atoms in total. The molecule has 2 heterocycles. The minimum absolute atomic E-state index is 0.000984. The lowest BCUT2D eigenvalue weighted by molar-refractivity contribution is -0.166. The van der Waals surface area contributed by atoms with Gasteiger partial charge in [0, 0.05) is 26.1 Å². The van der Waals surface area contributed by atoms with Gasteiger partial charge in [-0.2, -0.15) is 26.3 Å². The van der Waals surface area contributed by atoms with Crippen LogP contribution in [0.2, 0.25) is 0 Å². The molecule has 2 aliphatic rings. The Bertz CT molecular complexity index is 1190. The number of piperazine rings is 1. The van der Waals surface area contributed by atoms with Gasteiger partial charge in [-0.1, -0.05) is 30.3 Å². The van der Waals surface area contributed by atoms with E-state index >= 15 is 0 Å². The van der Waals surface area contributed by atoms with Crippen molar-refractivity contribution < 1.29 is 40.7 Å². The van der Waals surface area contributed by atoms with Crippen LogP contribution in [0.3, 0.4) is 0 Å². The minimum atomic E-state index is -5.01. The number of halogens is 6. The van der Waals surface area contributed by atoms with Crippen molar-refractivity contribution in [3.8, 4) is 0 Å². The maximum absolute atomic E-state index is 13.2. The lowest BCUT2D eigenvalue weighted by Crippen LogP contribution is -2.71. The molecule has 2 atom stereocenters. The van der Waals surface area contributed by atoms with Crippen LogP contribution in [0.5, 0.6) is 0 Å². The summed E-state index contributed by atoms with van der Waals surface area (Å²) in [7, 11) is 0. The molecule has 0 saturated carbocycles. The summed E-state index contributed by atoms with van der Waals surface area (Å²) in [5, 5.41) is 2.38. The largest absolute Gasteiger partial charge is 0.416 e. The van der Waals surface area contributed by atoms with Crippen LogP contribution in [0.25, 0.3) is 0 Å². The molecule has 0 bridgehead atoms. The molecule has 38 heavy (non-hydrogen) atoms. The predicted octanol–water partition coefficient (Wildman–Crippen LogP) is 4.23. The van der Waals surface area contributed by atoms with E-state index in [9.17, 15) is 40.7 Å². The summed E-state index contributed by atoms with van der Waals surface area (Å²) in [6.07, 6.45) is -11.0. The van der Waals surface area contributed by atoms with Crippen molar-refractivity contribution in [1.29, 1.82) is 0 Å². The molecule has 0 spiro atoms. The highest BCUT2D eigenvalue weighted by Crippen LogP contribution is 2.36.